The minimum atomic E-state index is -2.79. The number of hydrogen-bond acceptors (Lipinski definition) is 4. The average Bonchev–Trinajstić information content (AvgIpc) is 2.91. The van der Waals surface area contributed by atoms with Gasteiger partial charge in [-0.05, 0) is 44.7 Å². The third-order valence-electron chi connectivity index (χ3n) is 4.62. The first-order valence-corrected chi connectivity index (χ1v) is 9.80. The summed E-state index contributed by atoms with van der Waals surface area (Å²) in [6, 6.07) is 0.559. The van der Waals surface area contributed by atoms with E-state index in [1.807, 2.05) is 0 Å². The largest absolute Gasteiger partial charge is 0.370 e. The Balaban J connectivity index is 0.00000242. The van der Waals surface area contributed by atoms with Crippen LogP contribution in [0.15, 0.2) is 4.99 Å². The van der Waals surface area contributed by atoms with E-state index in [4.69, 9.17) is 5.73 Å². The lowest BCUT2D eigenvalue weighted by Crippen LogP contribution is -2.43. The fourth-order valence-electron chi connectivity index (χ4n) is 3.17. The zero-order valence-corrected chi connectivity index (χ0v) is 16.5. The number of aliphatic imine (C=N–C) groups is 1. The minimum absolute atomic E-state index is 0. The topological polar surface area (TPSA) is 87.8 Å². The van der Waals surface area contributed by atoms with Crippen LogP contribution in [0.2, 0.25) is 0 Å². The molecule has 8 heteroatoms. The Kier molecular flexibility index (Phi) is 8.40. The van der Waals surface area contributed by atoms with E-state index in [9.17, 15) is 8.42 Å². The Morgan fingerprint density at radius 3 is 2.64 bits per heavy atom. The Morgan fingerprint density at radius 1 is 1.32 bits per heavy atom. The zero-order chi connectivity index (χ0) is 15.3. The number of sulfone groups is 1. The lowest BCUT2D eigenvalue weighted by Gasteiger charge is -2.23. The van der Waals surface area contributed by atoms with Crippen molar-refractivity contribution in [2.45, 2.75) is 38.6 Å². The van der Waals surface area contributed by atoms with Crippen LogP contribution in [0.4, 0.5) is 0 Å². The SMILES string of the molecule is CCN1CCCC1CNC(N)=NCC1CCS(=O)(=O)CC1.I. The van der Waals surface area contributed by atoms with Gasteiger partial charge < -0.3 is 11.1 Å². The van der Waals surface area contributed by atoms with Gasteiger partial charge in [-0.3, -0.25) is 9.89 Å². The van der Waals surface area contributed by atoms with Gasteiger partial charge in [0.25, 0.3) is 0 Å². The van der Waals surface area contributed by atoms with Crippen molar-refractivity contribution >= 4 is 39.8 Å². The number of nitrogens with two attached hydrogens (primary N) is 1. The normalized spacial score (nSPS) is 26.6. The lowest BCUT2D eigenvalue weighted by atomic mass is 10.0. The molecule has 130 valence electrons. The highest BCUT2D eigenvalue weighted by molar-refractivity contribution is 14.0. The van der Waals surface area contributed by atoms with Gasteiger partial charge in [0.2, 0.25) is 0 Å². The molecule has 1 unspecified atom stereocenters. The van der Waals surface area contributed by atoms with E-state index in [0.717, 1.165) is 13.1 Å². The van der Waals surface area contributed by atoms with Crippen molar-refractivity contribution in [1.82, 2.24) is 10.2 Å². The van der Waals surface area contributed by atoms with Gasteiger partial charge in [-0.1, -0.05) is 6.92 Å². The molecule has 2 aliphatic heterocycles. The van der Waals surface area contributed by atoms with E-state index in [-0.39, 0.29) is 24.0 Å². The molecule has 2 aliphatic rings. The van der Waals surface area contributed by atoms with Crippen LogP contribution in [0.25, 0.3) is 0 Å². The summed E-state index contributed by atoms with van der Waals surface area (Å²) in [6.45, 7) is 5.93. The molecular weight excluding hydrogens is 415 g/mol. The fourth-order valence-corrected chi connectivity index (χ4v) is 4.76. The number of hydrogen-bond donors (Lipinski definition) is 2. The zero-order valence-electron chi connectivity index (χ0n) is 13.3. The maximum atomic E-state index is 11.4. The second-order valence-corrected chi connectivity index (χ2v) is 8.43. The van der Waals surface area contributed by atoms with Crippen molar-refractivity contribution in [3.8, 4) is 0 Å². The summed E-state index contributed by atoms with van der Waals surface area (Å²) in [5.74, 6) is 1.45. The Hall–Kier alpha value is -0.0900. The predicted molar refractivity (Wildman–Crippen MR) is 102 cm³/mol. The molecule has 6 nitrogen and oxygen atoms in total. The van der Waals surface area contributed by atoms with Crippen LogP contribution < -0.4 is 11.1 Å². The molecule has 0 bridgehead atoms. The summed E-state index contributed by atoms with van der Waals surface area (Å²) in [7, 11) is -2.79. The number of nitrogens with zero attached hydrogens (tertiary/aromatic N) is 2. The molecule has 22 heavy (non-hydrogen) atoms. The molecule has 0 aromatic heterocycles. The second kappa shape index (κ2) is 9.27. The summed E-state index contributed by atoms with van der Waals surface area (Å²) < 4.78 is 22.7. The third kappa shape index (κ3) is 6.19. The first-order chi connectivity index (χ1) is 10.00. The molecule has 1 atom stereocenters. The Bertz CT molecular complexity index is 455. The third-order valence-corrected chi connectivity index (χ3v) is 6.33. The standard InChI is InChI=1S/C14H28N4O2S.HI/c1-2-18-7-3-4-13(18)11-17-14(15)16-10-12-5-8-21(19,20)9-6-12;/h12-13H,2-11H2,1H3,(H3,15,16,17);1H. The Morgan fingerprint density at radius 2 is 2.00 bits per heavy atom. The monoisotopic (exact) mass is 444 g/mol. The Labute approximate surface area is 151 Å². The summed E-state index contributed by atoms with van der Waals surface area (Å²) in [5.41, 5.74) is 5.91. The van der Waals surface area contributed by atoms with E-state index in [1.165, 1.54) is 19.4 Å². The summed E-state index contributed by atoms with van der Waals surface area (Å²) in [4.78, 5) is 6.84. The lowest BCUT2D eigenvalue weighted by molar-refractivity contribution is 0.267. The van der Waals surface area contributed by atoms with Gasteiger partial charge in [0.1, 0.15) is 9.84 Å². The minimum Gasteiger partial charge on any atom is -0.370 e. The molecule has 0 aromatic carbocycles. The predicted octanol–water partition coefficient (Wildman–Crippen LogP) is 0.818. The highest BCUT2D eigenvalue weighted by Gasteiger charge is 2.24. The highest BCUT2D eigenvalue weighted by atomic mass is 127. The van der Waals surface area contributed by atoms with Crippen LogP contribution in [0.5, 0.6) is 0 Å². The molecule has 2 rings (SSSR count). The number of guanidine groups is 1. The van der Waals surface area contributed by atoms with E-state index < -0.39 is 9.84 Å². The molecule has 3 N–H and O–H groups in total. The quantitative estimate of drug-likeness (QED) is 0.373. The molecule has 0 aromatic rings. The van der Waals surface area contributed by atoms with Crippen molar-refractivity contribution in [3.05, 3.63) is 0 Å². The van der Waals surface area contributed by atoms with Gasteiger partial charge in [-0.2, -0.15) is 0 Å². The van der Waals surface area contributed by atoms with Crippen LogP contribution in [0.3, 0.4) is 0 Å². The molecule has 0 spiro atoms. The number of likely N-dealkylation sites (tertiary alicyclic amines) is 1. The molecule has 2 fully saturated rings. The van der Waals surface area contributed by atoms with Crippen molar-refractivity contribution in [2.75, 3.05) is 37.7 Å². The number of halogens is 1. The second-order valence-electron chi connectivity index (χ2n) is 6.13. The molecule has 2 saturated heterocycles. The summed E-state index contributed by atoms with van der Waals surface area (Å²) in [6.07, 6.45) is 3.90. The van der Waals surface area contributed by atoms with E-state index in [1.54, 1.807) is 0 Å². The van der Waals surface area contributed by atoms with Gasteiger partial charge in [0.05, 0.1) is 11.5 Å². The first kappa shape index (κ1) is 20.0. The maximum absolute atomic E-state index is 11.4. The van der Waals surface area contributed by atoms with E-state index in [0.29, 0.717) is 48.8 Å². The van der Waals surface area contributed by atoms with Gasteiger partial charge in [0, 0.05) is 19.1 Å². The average molecular weight is 444 g/mol. The maximum Gasteiger partial charge on any atom is 0.188 e. The van der Waals surface area contributed by atoms with Crippen LogP contribution in [-0.4, -0.2) is 63.0 Å². The van der Waals surface area contributed by atoms with Gasteiger partial charge in [0.15, 0.2) is 5.96 Å². The number of rotatable bonds is 5. The summed E-state index contributed by atoms with van der Waals surface area (Å²) in [5, 5.41) is 3.21. The van der Waals surface area contributed by atoms with Crippen LogP contribution in [0, 0.1) is 5.92 Å². The molecule has 0 amide bonds. The molecular formula is C14H29IN4O2S. The van der Waals surface area contributed by atoms with Crippen molar-refractivity contribution in [3.63, 3.8) is 0 Å². The molecule has 2 heterocycles. The molecule has 0 radical (unpaired) electrons. The van der Waals surface area contributed by atoms with Crippen LogP contribution in [-0.2, 0) is 9.84 Å². The fraction of sp³-hybridized carbons (Fsp3) is 0.929. The van der Waals surface area contributed by atoms with Crippen LogP contribution >= 0.6 is 24.0 Å². The van der Waals surface area contributed by atoms with Crippen molar-refractivity contribution in [1.29, 1.82) is 0 Å². The van der Waals surface area contributed by atoms with Gasteiger partial charge in [-0.15, -0.1) is 24.0 Å². The van der Waals surface area contributed by atoms with E-state index >= 15 is 0 Å². The number of likely N-dealkylation sites (N-methyl/N-ethyl adjacent to an activating group) is 1. The van der Waals surface area contributed by atoms with Crippen molar-refractivity contribution < 1.29 is 8.42 Å². The molecule has 0 aliphatic carbocycles. The first-order valence-electron chi connectivity index (χ1n) is 7.98. The smallest absolute Gasteiger partial charge is 0.188 e. The van der Waals surface area contributed by atoms with Crippen molar-refractivity contribution in [2.24, 2.45) is 16.6 Å². The van der Waals surface area contributed by atoms with Crippen LogP contribution in [0.1, 0.15) is 32.6 Å². The van der Waals surface area contributed by atoms with Gasteiger partial charge >= 0.3 is 0 Å². The van der Waals surface area contributed by atoms with E-state index in [2.05, 4.69) is 22.1 Å². The molecule has 0 saturated carbocycles. The summed E-state index contributed by atoms with van der Waals surface area (Å²) >= 11 is 0. The van der Waals surface area contributed by atoms with Gasteiger partial charge in [-0.25, -0.2) is 8.42 Å². The number of nitrogens with one attached hydrogen (secondary N) is 1. The highest BCUT2D eigenvalue weighted by Crippen LogP contribution is 2.19.